The summed E-state index contributed by atoms with van der Waals surface area (Å²) in [6.07, 6.45) is 1.99. The number of nitrogens with one attached hydrogen (secondary N) is 1. The van der Waals surface area contributed by atoms with E-state index in [1.165, 1.54) is 11.1 Å². The van der Waals surface area contributed by atoms with E-state index in [0.29, 0.717) is 12.4 Å². The van der Waals surface area contributed by atoms with Gasteiger partial charge in [-0.25, -0.2) is 18.4 Å². The molecule has 1 aromatic heterocycles. The van der Waals surface area contributed by atoms with E-state index in [0.717, 1.165) is 5.56 Å². The Morgan fingerprint density at radius 1 is 1.27 bits per heavy atom. The van der Waals surface area contributed by atoms with Crippen molar-refractivity contribution in [2.75, 3.05) is 23.9 Å². The van der Waals surface area contributed by atoms with Crippen LogP contribution < -0.4 is 5.32 Å². The second kappa shape index (κ2) is 7.41. The van der Waals surface area contributed by atoms with Crippen molar-refractivity contribution in [1.82, 2.24) is 14.9 Å². The number of anilines is 1. The number of rotatable bonds is 5. The molecule has 2 heterocycles. The first-order valence-corrected chi connectivity index (χ1v) is 10.3. The number of carbonyl (C=O) groups excluding carboxylic acids is 1. The third-order valence-electron chi connectivity index (χ3n) is 4.60. The molecule has 3 rings (SSSR count). The van der Waals surface area contributed by atoms with Gasteiger partial charge in [-0.2, -0.15) is 0 Å². The van der Waals surface area contributed by atoms with Gasteiger partial charge in [0.15, 0.2) is 9.84 Å². The molecule has 2 atom stereocenters. The molecule has 1 saturated heterocycles. The summed E-state index contributed by atoms with van der Waals surface area (Å²) in [5.41, 5.74) is 1.33. The maximum atomic E-state index is 12.7. The average Bonchev–Trinajstić information content (AvgIpc) is 3.01. The highest BCUT2D eigenvalue weighted by atomic mass is 32.2. The monoisotopic (exact) mass is 374 g/mol. The lowest BCUT2D eigenvalue weighted by Crippen LogP contribution is -2.38. The van der Waals surface area contributed by atoms with Crippen LogP contribution in [0, 0.1) is 0 Å². The van der Waals surface area contributed by atoms with Crippen molar-refractivity contribution in [2.24, 2.45) is 0 Å². The Labute approximate surface area is 153 Å². The fraction of sp³-hybridized carbons (Fsp3) is 0.389. The summed E-state index contributed by atoms with van der Waals surface area (Å²) in [6.45, 7) is 1.99. The quantitative estimate of drug-likeness (QED) is 0.859. The maximum absolute atomic E-state index is 12.7. The molecule has 0 spiro atoms. The van der Waals surface area contributed by atoms with Crippen LogP contribution in [0.25, 0.3) is 0 Å². The summed E-state index contributed by atoms with van der Waals surface area (Å²) < 4.78 is 23.3. The molecule has 1 aliphatic heterocycles. The highest BCUT2D eigenvalue weighted by Gasteiger charge is 2.33. The van der Waals surface area contributed by atoms with Crippen LogP contribution in [0.4, 0.5) is 5.95 Å². The Morgan fingerprint density at radius 2 is 2.00 bits per heavy atom. The van der Waals surface area contributed by atoms with Gasteiger partial charge in [0.05, 0.1) is 17.5 Å². The van der Waals surface area contributed by atoms with Crippen LogP contribution in [0.1, 0.15) is 35.4 Å². The van der Waals surface area contributed by atoms with Gasteiger partial charge in [-0.15, -0.1) is 0 Å². The minimum absolute atomic E-state index is 0.0104. The Bertz CT molecular complexity index is 886. The average molecular weight is 374 g/mol. The standard InChI is InChI=1S/C18H22N4O3S/c1-13(14-6-4-3-5-7-14)20-18-19-10-8-16(21-18)17(23)22(2)15-9-11-26(24,25)12-15/h3-8,10,13,15H,9,11-12H2,1-2H3,(H,19,20,21). The SMILES string of the molecule is CC(Nc1nccc(C(=O)N(C)C2CCS(=O)(=O)C2)n1)c1ccccc1. The minimum Gasteiger partial charge on any atom is -0.348 e. The summed E-state index contributed by atoms with van der Waals surface area (Å²) in [7, 11) is -1.43. The Balaban J connectivity index is 1.71. The van der Waals surface area contributed by atoms with E-state index in [1.54, 1.807) is 13.1 Å². The number of hydrogen-bond acceptors (Lipinski definition) is 6. The normalized spacial score (nSPS) is 19.7. The molecule has 0 bridgehead atoms. The Kier molecular flexibility index (Phi) is 5.22. The van der Waals surface area contributed by atoms with E-state index in [-0.39, 0.29) is 35.2 Å². The predicted molar refractivity (Wildman–Crippen MR) is 99.7 cm³/mol. The minimum atomic E-state index is -3.05. The van der Waals surface area contributed by atoms with Crippen LogP contribution in [0.2, 0.25) is 0 Å². The maximum Gasteiger partial charge on any atom is 0.272 e. The summed E-state index contributed by atoms with van der Waals surface area (Å²) in [5.74, 6) is 0.196. The van der Waals surface area contributed by atoms with Gasteiger partial charge in [0.2, 0.25) is 5.95 Å². The lowest BCUT2D eigenvalue weighted by Gasteiger charge is -2.23. The molecular formula is C18H22N4O3S. The van der Waals surface area contributed by atoms with E-state index in [2.05, 4.69) is 15.3 Å². The van der Waals surface area contributed by atoms with Crippen molar-refractivity contribution < 1.29 is 13.2 Å². The molecule has 138 valence electrons. The van der Waals surface area contributed by atoms with Crippen LogP contribution in [0.15, 0.2) is 42.6 Å². The van der Waals surface area contributed by atoms with Crippen molar-refractivity contribution in [3.8, 4) is 0 Å². The molecule has 2 aromatic rings. The molecule has 1 amide bonds. The second-order valence-corrected chi connectivity index (χ2v) is 8.74. The van der Waals surface area contributed by atoms with Gasteiger partial charge in [-0.1, -0.05) is 30.3 Å². The third kappa shape index (κ3) is 4.19. The highest BCUT2D eigenvalue weighted by molar-refractivity contribution is 7.91. The number of amides is 1. The molecule has 1 aliphatic rings. The molecule has 2 unspecified atom stereocenters. The first-order chi connectivity index (χ1) is 12.4. The lowest BCUT2D eigenvalue weighted by molar-refractivity contribution is 0.0741. The van der Waals surface area contributed by atoms with Crippen molar-refractivity contribution in [2.45, 2.75) is 25.4 Å². The number of nitrogens with zero attached hydrogens (tertiary/aromatic N) is 3. The molecule has 1 fully saturated rings. The summed E-state index contributed by atoms with van der Waals surface area (Å²) in [6, 6.07) is 11.1. The molecule has 1 aromatic carbocycles. The second-order valence-electron chi connectivity index (χ2n) is 6.52. The zero-order valence-corrected chi connectivity index (χ0v) is 15.6. The topological polar surface area (TPSA) is 92.3 Å². The van der Waals surface area contributed by atoms with Crippen molar-refractivity contribution in [3.63, 3.8) is 0 Å². The van der Waals surface area contributed by atoms with Crippen molar-refractivity contribution >= 4 is 21.7 Å². The molecule has 0 radical (unpaired) electrons. The van der Waals surface area contributed by atoms with Crippen LogP contribution >= 0.6 is 0 Å². The number of sulfone groups is 1. The number of hydrogen-bond donors (Lipinski definition) is 1. The Hall–Kier alpha value is -2.48. The van der Waals surface area contributed by atoms with Gasteiger partial charge >= 0.3 is 0 Å². The van der Waals surface area contributed by atoms with E-state index < -0.39 is 9.84 Å². The molecule has 26 heavy (non-hydrogen) atoms. The van der Waals surface area contributed by atoms with Crippen LogP contribution in [0.5, 0.6) is 0 Å². The smallest absolute Gasteiger partial charge is 0.272 e. The van der Waals surface area contributed by atoms with Gasteiger partial charge in [0.1, 0.15) is 5.69 Å². The van der Waals surface area contributed by atoms with Gasteiger partial charge in [0, 0.05) is 19.3 Å². The van der Waals surface area contributed by atoms with E-state index >= 15 is 0 Å². The first kappa shape index (κ1) is 18.3. The molecule has 0 aliphatic carbocycles. The summed E-state index contributed by atoms with van der Waals surface area (Å²) >= 11 is 0. The zero-order chi connectivity index (χ0) is 18.7. The van der Waals surface area contributed by atoms with E-state index in [4.69, 9.17) is 0 Å². The van der Waals surface area contributed by atoms with Gasteiger partial charge in [0.25, 0.3) is 5.91 Å². The number of carbonyl (C=O) groups is 1. The number of aromatic nitrogens is 2. The molecular weight excluding hydrogens is 352 g/mol. The summed E-state index contributed by atoms with van der Waals surface area (Å²) in [4.78, 5) is 22.6. The van der Waals surface area contributed by atoms with Crippen LogP contribution in [-0.2, 0) is 9.84 Å². The van der Waals surface area contributed by atoms with Crippen molar-refractivity contribution in [1.29, 1.82) is 0 Å². The Morgan fingerprint density at radius 3 is 2.65 bits per heavy atom. The fourth-order valence-corrected chi connectivity index (χ4v) is 4.77. The first-order valence-electron chi connectivity index (χ1n) is 8.48. The van der Waals surface area contributed by atoms with Crippen LogP contribution in [0.3, 0.4) is 0 Å². The largest absolute Gasteiger partial charge is 0.348 e. The molecule has 1 N–H and O–H groups in total. The highest BCUT2D eigenvalue weighted by Crippen LogP contribution is 2.19. The van der Waals surface area contributed by atoms with Crippen LogP contribution in [-0.4, -0.2) is 53.8 Å². The molecule has 7 nitrogen and oxygen atoms in total. The number of benzene rings is 1. The van der Waals surface area contributed by atoms with Gasteiger partial charge in [-0.05, 0) is 25.0 Å². The fourth-order valence-electron chi connectivity index (χ4n) is 2.99. The van der Waals surface area contributed by atoms with E-state index in [1.807, 2.05) is 37.3 Å². The van der Waals surface area contributed by atoms with Crippen molar-refractivity contribution in [3.05, 3.63) is 53.9 Å². The van der Waals surface area contributed by atoms with Gasteiger partial charge < -0.3 is 10.2 Å². The predicted octanol–water partition coefficient (Wildman–Crippen LogP) is 1.91. The third-order valence-corrected chi connectivity index (χ3v) is 6.35. The van der Waals surface area contributed by atoms with E-state index in [9.17, 15) is 13.2 Å². The zero-order valence-electron chi connectivity index (χ0n) is 14.8. The summed E-state index contributed by atoms with van der Waals surface area (Å²) in [5, 5.41) is 3.19. The molecule has 8 heteroatoms. The molecule has 0 saturated carbocycles. The lowest BCUT2D eigenvalue weighted by atomic mass is 10.1. The van der Waals surface area contributed by atoms with Gasteiger partial charge in [-0.3, -0.25) is 4.79 Å².